The minimum Gasteiger partial charge on any atom is -0.391 e. The predicted octanol–water partition coefficient (Wildman–Crippen LogP) is 0.928. The topological polar surface area (TPSA) is 42.2 Å². The number of nitrogens with zero attached hydrogens (tertiary/aromatic N) is 1. The Morgan fingerprint density at radius 3 is 2.86 bits per heavy atom. The molecule has 1 heterocycles. The molecule has 1 unspecified atom stereocenters. The van der Waals surface area contributed by atoms with Crippen LogP contribution in [0.2, 0.25) is 0 Å². The molecule has 2 rings (SSSR count). The second kappa shape index (κ2) is 3.58. The van der Waals surface area contributed by atoms with Gasteiger partial charge in [0.1, 0.15) is 0 Å². The van der Waals surface area contributed by atoms with Crippen LogP contribution < -0.4 is 5.56 Å². The van der Waals surface area contributed by atoms with E-state index in [9.17, 15) is 9.90 Å². The molecule has 1 aromatic heterocycles. The van der Waals surface area contributed by atoms with Crippen LogP contribution in [0, 0.1) is 12.8 Å². The summed E-state index contributed by atoms with van der Waals surface area (Å²) >= 11 is 0. The summed E-state index contributed by atoms with van der Waals surface area (Å²) in [6.45, 7) is 2.33. The van der Waals surface area contributed by atoms with Gasteiger partial charge in [-0.25, -0.2) is 0 Å². The Morgan fingerprint density at radius 1 is 1.57 bits per heavy atom. The van der Waals surface area contributed by atoms with Gasteiger partial charge in [-0.3, -0.25) is 4.79 Å². The van der Waals surface area contributed by atoms with E-state index in [1.807, 2.05) is 13.0 Å². The molecule has 1 saturated carbocycles. The van der Waals surface area contributed by atoms with Gasteiger partial charge in [0.2, 0.25) is 0 Å². The van der Waals surface area contributed by atoms with Crippen LogP contribution in [-0.2, 0) is 6.54 Å². The first-order valence-corrected chi connectivity index (χ1v) is 5.03. The molecular weight excluding hydrogens is 178 g/mol. The van der Waals surface area contributed by atoms with Gasteiger partial charge < -0.3 is 9.67 Å². The van der Waals surface area contributed by atoms with Crippen molar-refractivity contribution in [3.8, 4) is 0 Å². The van der Waals surface area contributed by atoms with Gasteiger partial charge in [0.25, 0.3) is 5.56 Å². The highest BCUT2D eigenvalue weighted by Crippen LogP contribution is 2.33. The van der Waals surface area contributed by atoms with Gasteiger partial charge in [0.05, 0.1) is 12.6 Å². The standard InChI is InChI=1S/C11H15NO2/c1-8-3-2-4-11(14)12(8)7-10(13)9-5-6-9/h2-4,9-10,13H,5-7H2,1H3. The van der Waals surface area contributed by atoms with E-state index in [4.69, 9.17) is 0 Å². The minimum atomic E-state index is -0.353. The van der Waals surface area contributed by atoms with Gasteiger partial charge in [0, 0.05) is 11.8 Å². The maximum Gasteiger partial charge on any atom is 0.250 e. The molecule has 0 bridgehead atoms. The van der Waals surface area contributed by atoms with Gasteiger partial charge in [0.15, 0.2) is 0 Å². The fourth-order valence-electron chi connectivity index (χ4n) is 1.67. The van der Waals surface area contributed by atoms with Gasteiger partial charge in [-0.1, -0.05) is 6.07 Å². The Bertz CT molecular complexity index is 379. The van der Waals surface area contributed by atoms with Crippen LogP contribution in [0.3, 0.4) is 0 Å². The van der Waals surface area contributed by atoms with Crippen molar-refractivity contribution in [1.82, 2.24) is 4.57 Å². The second-order valence-corrected chi connectivity index (χ2v) is 4.02. The van der Waals surface area contributed by atoms with E-state index in [1.54, 1.807) is 10.6 Å². The van der Waals surface area contributed by atoms with E-state index in [-0.39, 0.29) is 11.7 Å². The van der Waals surface area contributed by atoms with Gasteiger partial charge in [-0.2, -0.15) is 0 Å². The molecular formula is C11H15NO2. The zero-order valence-corrected chi connectivity index (χ0v) is 8.31. The Kier molecular flexibility index (Phi) is 2.42. The number of hydrogen-bond acceptors (Lipinski definition) is 2. The molecule has 1 atom stereocenters. The van der Waals surface area contributed by atoms with Gasteiger partial charge >= 0.3 is 0 Å². The Labute approximate surface area is 83.0 Å². The minimum absolute atomic E-state index is 0.0234. The fourth-order valence-corrected chi connectivity index (χ4v) is 1.67. The second-order valence-electron chi connectivity index (χ2n) is 4.02. The average Bonchev–Trinajstić information content (AvgIpc) is 2.94. The van der Waals surface area contributed by atoms with Crippen molar-refractivity contribution >= 4 is 0 Å². The molecule has 3 nitrogen and oxygen atoms in total. The van der Waals surface area contributed by atoms with E-state index < -0.39 is 0 Å². The number of aliphatic hydroxyl groups is 1. The largest absolute Gasteiger partial charge is 0.391 e. The zero-order valence-electron chi connectivity index (χ0n) is 8.31. The molecule has 3 heteroatoms. The SMILES string of the molecule is Cc1cccc(=O)n1CC(O)C1CC1. The molecule has 0 saturated heterocycles. The van der Waals surface area contributed by atoms with Crippen molar-refractivity contribution in [3.63, 3.8) is 0 Å². The van der Waals surface area contributed by atoms with E-state index in [1.165, 1.54) is 6.07 Å². The molecule has 0 radical (unpaired) electrons. The zero-order chi connectivity index (χ0) is 10.1. The van der Waals surface area contributed by atoms with Crippen LogP contribution in [0.15, 0.2) is 23.0 Å². The summed E-state index contributed by atoms with van der Waals surface area (Å²) in [5.41, 5.74) is 0.891. The number of aryl methyl sites for hydroxylation is 1. The first-order chi connectivity index (χ1) is 6.68. The van der Waals surface area contributed by atoms with E-state index in [0.717, 1.165) is 18.5 Å². The molecule has 76 valence electrons. The third-order valence-electron chi connectivity index (χ3n) is 2.80. The molecule has 1 aliphatic rings. The first-order valence-electron chi connectivity index (χ1n) is 5.03. The maximum atomic E-state index is 11.5. The lowest BCUT2D eigenvalue weighted by molar-refractivity contribution is 0.129. The molecule has 1 fully saturated rings. The molecule has 1 aliphatic carbocycles. The lowest BCUT2D eigenvalue weighted by Gasteiger charge is -2.13. The first kappa shape index (κ1) is 9.46. The highest BCUT2D eigenvalue weighted by atomic mass is 16.3. The molecule has 0 aliphatic heterocycles. The highest BCUT2D eigenvalue weighted by Gasteiger charge is 2.30. The van der Waals surface area contributed by atoms with Crippen molar-refractivity contribution < 1.29 is 5.11 Å². The maximum absolute atomic E-state index is 11.5. The van der Waals surface area contributed by atoms with Crippen LogP contribution in [0.5, 0.6) is 0 Å². The molecule has 0 amide bonds. The molecule has 1 aromatic rings. The summed E-state index contributed by atoms with van der Waals surface area (Å²) in [4.78, 5) is 11.5. The number of pyridine rings is 1. The molecule has 0 aromatic carbocycles. The normalized spacial score (nSPS) is 18.1. The lowest BCUT2D eigenvalue weighted by Crippen LogP contribution is -2.28. The summed E-state index contributed by atoms with van der Waals surface area (Å²) in [6.07, 6.45) is 1.85. The van der Waals surface area contributed by atoms with Crippen molar-refractivity contribution in [2.24, 2.45) is 5.92 Å². The number of hydrogen-bond donors (Lipinski definition) is 1. The van der Waals surface area contributed by atoms with Crippen LogP contribution in [0.1, 0.15) is 18.5 Å². The smallest absolute Gasteiger partial charge is 0.250 e. The van der Waals surface area contributed by atoms with Crippen molar-refractivity contribution in [2.45, 2.75) is 32.4 Å². The monoisotopic (exact) mass is 193 g/mol. The highest BCUT2D eigenvalue weighted by molar-refractivity contribution is 5.04. The van der Waals surface area contributed by atoms with Crippen LogP contribution >= 0.6 is 0 Å². The van der Waals surface area contributed by atoms with E-state index in [2.05, 4.69) is 0 Å². The van der Waals surface area contributed by atoms with Crippen LogP contribution in [0.25, 0.3) is 0 Å². The molecule has 0 spiro atoms. The molecule has 1 N–H and O–H groups in total. The lowest BCUT2D eigenvalue weighted by atomic mass is 10.2. The number of aromatic nitrogens is 1. The van der Waals surface area contributed by atoms with Crippen molar-refractivity contribution in [1.29, 1.82) is 0 Å². The van der Waals surface area contributed by atoms with E-state index >= 15 is 0 Å². The van der Waals surface area contributed by atoms with Crippen LogP contribution in [0.4, 0.5) is 0 Å². The summed E-state index contributed by atoms with van der Waals surface area (Å²) in [5.74, 6) is 0.418. The third kappa shape index (κ3) is 1.87. The van der Waals surface area contributed by atoms with E-state index in [0.29, 0.717) is 12.5 Å². The third-order valence-corrected chi connectivity index (χ3v) is 2.80. The Morgan fingerprint density at radius 2 is 2.29 bits per heavy atom. The van der Waals surface area contributed by atoms with Gasteiger partial charge in [-0.05, 0) is 31.7 Å². The predicted molar refractivity (Wildman–Crippen MR) is 54.2 cm³/mol. The van der Waals surface area contributed by atoms with Crippen LogP contribution in [-0.4, -0.2) is 15.8 Å². The van der Waals surface area contributed by atoms with Gasteiger partial charge in [-0.15, -0.1) is 0 Å². The Balaban J connectivity index is 2.18. The van der Waals surface area contributed by atoms with Crippen molar-refractivity contribution in [3.05, 3.63) is 34.2 Å². The summed E-state index contributed by atoms with van der Waals surface area (Å²) in [6, 6.07) is 5.17. The fraction of sp³-hybridized carbons (Fsp3) is 0.545. The number of aliphatic hydroxyl groups excluding tert-OH is 1. The summed E-state index contributed by atoms with van der Waals surface area (Å²) < 4.78 is 1.64. The summed E-state index contributed by atoms with van der Waals surface area (Å²) in [5, 5.41) is 9.73. The van der Waals surface area contributed by atoms with Crippen molar-refractivity contribution in [2.75, 3.05) is 0 Å². The summed E-state index contributed by atoms with van der Waals surface area (Å²) in [7, 11) is 0. The average molecular weight is 193 g/mol. The Hall–Kier alpha value is -1.09. The molecule has 14 heavy (non-hydrogen) atoms. The number of rotatable bonds is 3. The quantitative estimate of drug-likeness (QED) is 0.776.